The van der Waals surface area contributed by atoms with Gasteiger partial charge in [0.25, 0.3) is 0 Å². The van der Waals surface area contributed by atoms with Gasteiger partial charge in [-0.15, -0.1) is 0 Å². The summed E-state index contributed by atoms with van der Waals surface area (Å²) in [7, 11) is -1.94. The molecule has 0 bridgehead atoms. The number of sulfone groups is 1. The Balaban J connectivity index is 1.75. The third-order valence-corrected chi connectivity index (χ3v) is 6.58. The van der Waals surface area contributed by atoms with Gasteiger partial charge in [-0.1, -0.05) is 6.92 Å². The van der Waals surface area contributed by atoms with Gasteiger partial charge in [-0.25, -0.2) is 8.42 Å². The van der Waals surface area contributed by atoms with Crippen LogP contribution in [0.4, 0.5) is 11.4 Å². The first-order valence-electron chi connectivity index (χ1n) is 9.06. The summed E-state index contributed by atoms with van der Waals surface area (Å²) < 4.78 is 29.2. The molecule has 1 unspecified atom stereocenters. The maximum absolute atomic E-state index is 12.6. The Hall–Kier alpha value is -3.07. The van der Waals surface area contributed by atoms with Crippen LogP contribution in [0.3, 0.4) is 0 Å². The molecule has 9 heteroatoms. The molecule has 2 aromatic rings. The number of anilines is 2. The molecule has 1 fully saturated rings. The molecule has 8 nitrogen and oxygen atoms in total. The Bertz CT molecular complexity index is 1030. The van der Waals surface area contributed by atoms with Crippen LogP contribution in [-0.4, -0.2) is 44.7 Å². The zero-order valence-corrected chi connectivity index (χ0v) is 16.9. The second kappa shape index (κ2) is 8.12. The second-order valence-corrected chi connectivity index (χ2v) is 8.95. The molecule has 1 saturated heterocycles. The van der Waals surface area contributed by atoms with E-state index < -0.39 is 21.7 Å². The number of hydrogen-bond donors (Lipinski definition) is 2. The maximum atomic E-state index is 12.6. The molecule has 1 atom stereocenters. The van der Waals surface area contributed by atoms with Crippen molar-refractivity contribution in [2.24, 2.45) is 5.92 Å². The molecular formula is C20H22N2O6S. The molecule has 0 aliphatic carbocycles. The first-order chi connectivity index (χ1) is 13.7. The standard InChI is InChI=1S/C20H22N2O6S/c1-3-29(26,27)16-8-9-18(23)17(11-16)21-20(25)13-10-19(24)22(12-13)14-4-6-15(28-2)7-5-14/h4-9,11,13,23H,3,10,12H2,1-2H3,(H,21,25). The van der Waals surface area contributed by atoms with Crippen molar-refractivity contribution >= 4 is 33.0 Å². The number of phenolic OH excluding ortho intramolecular Hbond substituents is 1. The smallest absolute Gasteiger partial charge is 0.229 e. The number of ether oxygens (including phenoxy) is 1. The highest BCUT2D eigenvalue weighted by Gasteiger charge is 2.35. The minimum Gasteiger partial charge on any atom is -0.506 e. The Morgan fingerprint density at radius 3 is 2.55 bits per heavy atom. The van der Waals surface area contributed by atoms with Crippen LogP contribution in [0.2, 0.25) is 0 Å². The fraction of sp³-hybridized carbons (Fsp3) is 0.300. The lowest BCUT2D eigenvalue weighted by Crippen LogP contribution is -2.28. The number of aromatic hydroxyl groups is 1. The summed E-state index contributed by atoms with van der Waals surface area (Å²) in [4.78, 5) is 26.5. The SMILES string of the molecule is CCS(=O)(=O)c1ccc(O)c(NC(=O)C2CC(=O)N(c3ccc(OC)cc3)C2)c1. The lowest BCUT2D eigenvalue weighted by atomic mass is 10.1. The fourth-order valence-electron chi connectivity index (χ4n) is 3.11. The highest BCUT2D eigenvalue weighted by Crippen LogP contribution is 2.30. The van der Waals surface area contributed by atoms with Gasteiger partial charge >= 0.3 is 0 Å². The van der Waals surface area contributed by atoms with Crippen LogP contribution >= 0.6 is 0 Å². The van der Waals surface area contributed by atoms with E-state index in [1.54, 1.807) is 31.4 Å². The van der Waals surface area contributed by atoms with Crippen LogP contribution in [0, 0.1) is 5.92 Å². The van der Waals surface area contributed by atoms with E-state index in [2.05, 4.69) is 5.32 Å². The molecule has 154 valence electrons. The number of carbonyl (C=O) groups excluding carboxylic acids is 2. The van der Waals surface area contributed by atoms with Crippen LogP contribution in [-0.2, 0) is 19.4 Å². The van der Waals surface area contributed by atoms with Crippen LogP contribution in [0.1, 0.15) is 13.3 Å². The first-order valence-corrected chi connectivity index (χ1v) is 10.7. The summed E-state index contributed by atoms with van der Waals surface area (Å²) >= 11 is 0. The van der Waals surface area contributed by atoms with Crippen molar-refractivity contribution in [3.8, 4) is 11.5 Å². The van der Waals surface area contributed by atoms with Gasteiger partial charge in [0.2, 0.25) is 11.8 Å². The van der Waals surface area contributed by atoms with Crippen molar-refractivity contribution in [2.45, 2.75) is 18.2 Å². The number of amides is 2. The zero-order chi connectivity index (χ0) is 21.2. The molecule has 3 rings (SSSR count). The van der Waals surface area contributed by atoms with Gasteiger partial charge in [0.05, 0.1) is 29.4 Å². The van der Waals surface area contributed by atoms with Crippen molar-refractivity contribution in [3.63, 3.8) is 0 Å². The molecule has 1 heterocycles. The molecule has 0 spiro atoms. The first kappa shape index (κ1) is 20.7. The van der Waals surface area contributed by atoms with Gasteiger partial charge in [0.1, 0.15) is 11.5 Å². The number of carbonyl (C=O) groups is 2. The predicted octanol–water partition coefficient (Wildman–Crippen LogP) is 2.19. The largest absolute Gasteiger partial charge is 0.506 e. The number of methoxy groups -OCH3 is 1. The van der Waals surface area contributed by atoms with Gasteiger partial charge < -0.3 is 20.1 Å². The highest BCUT2D eigenvalue weighted by atomic mass is 32.2. The van der Waals surface area contributed by atoms with E-state index in [1.165, 1.54) is 30.0 Å². The lowest BCUT2D eigenvalue weighted by Gasteiger charge is -2.17. The van der Waals surface area contributed by atoms with Crippen molar-refractivity contribution in [1.82, 2.24) is 0 Å². The third-order valence-electron chi connectivity index (χ3n) is 4.84. The number of rotatable bonds is 6. The average Bonchev–Trinajstić information content (AvgIpc) is 3.11. The van der Waals surface area contributed by atoms with E-state index in [1.807, 2.05) is 0 Å². The van der Waals surface area contributed by atoms with Crippen LogP contribution < -0.4 is 15.0 Å². The second-order valence-electron chi connectivity index (χ2n) is 6.68. The van der Waals surface area contributed by atoms with E-state index in [9.17, 15) is 23.1 Å². The molecule has 0 aromatic heterocycles. The normalized spacial score (nSPS) is 16.7. The summed E-state index contributed by atoms with van der Waals surface area (Å²) in [5, 5.41) is 12.5. The van der Waals surface area contributed by atoms with Crippen LogP contribution in [0.5, 0.6) is 11.5 Å². The van der Waals surface area contributed by atoms with Gasteiger partial charge in [-0.05, 0) is 42.5 Å². The quantitative estimate of drug-likeness (QED) is 0.696. The van der Waals surface area contributed by atoms with Gasteiger partial charge in [0, 0.05) is 18.7 Å². The van der Waals surface area contributed by atoms with E-state index >= 15 is 0 Å². The van der Waals surface area contributed by atoms with Crippen molar-refractivity contribution in [1.29, 1.82) is 0 Å². The Labute approximate surface area is 169 Å². The predicted molar refractivity (Wildman–Crippen MR) is 108 cm³/mol. The van der Waals surface area contributed by atoms with E-state index in [0.717, 1.165) is 0 Å². The number of hydrogen-bond acceptors (Lipinski definition) is 6. The molecule has 2 N–H and O–H groups in total. The Morgan fingerprint density at radius 2 is 1.93 bits per heavy atom. The van der Waals surface area contributed by atoms with Crippen LogP contribution in [0.25, 0.3) is 0 Å². The Kier molecular flexibility index (Phi) is 5.78. The average molecular weight is 418 g/mol. The molecule has 2 amide bonds. The lowest BCUT2D eigenvalue weighted by molar-refractivity contribution is -0.122. The van der Waals surface area contributed by atoms with Gasteiger partial charge in [-0.3, -0.25) is 9.59 Å². The molecular weight excluding hydrogens is 396 g/mol. The minimum atomic E-state index is -3.49. The maximum Gasteiger partial charge on any atom is 0.229 e. The summed E-state index contributed by atoms with van der Waals surface area (Å²) in [6.45, 7) is 1.70. The van der Waals surface area contributed by atoms with Crippen molar-refractivity contribution in [2.75, 3.05) is 29.6 Å². The summed E-state index contributed by atoms with van der Waals surface area (Å²) in [5.74, 6) is -0.969. The minimum absolute atomic E-state index is 0.000119. The molecule has 0 saturated carbocycles. The van der Waals surface area contributed by atoms with E-state index in [0.29, 0.717) is 11.4 Å². The van der Waals surface area contributed by atoms with E-state index in [4.69, 9.17) is 4.74 Å². The number of nitrogens with zero attached hydrogens (tertiary/aromatic N) is 1. The Morgan fingerprint density at radius 1 is 1.24 bits per heavy atom. The molecule has 1 aliphatic rings. The monoisotopic (exact) mass is 418 g/mol. The number of nitrogens with one attached hydrogen (secondary N) is 1. The van der Waals surface area contributed by atoms with Gasteiger partial charge in [-0.2, -0.15) is 0 Å². The zero-order valence-electron chi connectivity index (χ0n) is 16.1. The van der Waals surface area contributed by atoms with Crippen LogP contribution in [0.15, 0.2) is 47.4 Å². The third kappa shape index (κ3) is 4.34. The fourth-order valence-corrected chi connectivity index (χ4v) is 4.01. The van der Waals surface area contributed by atoms with Crippen molar-refractivity contribution < 1.29 is 27.9 Å². The van der Waals surface area contributed by atoms with E-state index in [-0.39, 0.29) is 41.0 Å². The highest BCUT2D eigenvalue weighted by molar-refractivity contribution is 7.91. The molecule has 0 radical (unpaired) electrons. The number of phenols is 1. The summed E-state index contributed by atoms with van der Waals surface area (Å²) in [5.41, 5.74) is 0.657. The van der Waals surface area contributed by atoms with Gasteiger partial charge in [0.15, 0.2) is 9.84 Å². The molecule has 29 heavy (non-hydrogen) atoms. The molecule has 1 aliphatic heterocycles. The van der Waals surface area contributed by atoms with Crippen molar-refractivity contribution in [3.05, 3.63) is 42.5 Å². The summed E-state index contributed by atoms with van der Waals surface area (Å²) in [6.07, 6.45) is 0.0194. The topological polar surface area (TPSA) is 113 Å². The molecule has 2 aromatic carbocycles. The number of benzene rings is 2. The summed E-state index contributed by atoms with van der Waals surface area (Å²) in [6, 6.07) is 10.7.